The monoisotopic (exact) mass is 425 g/mol. The first-order valence-corrected chi connectivity index (χ1v) is 11.3. The molecule has 0 spiro atoms. The maximum Gasteiger partial charge on any atom is 0.251 e. The van der Waals surface area contributed by atoms with Gasteiger partial charge in [-0.05, 0) is 55.7 Å². The molecule has 0 radical (unpaired) electrons. The molecule has 9 heteroatoms. The molecule has 1 fully saturated rings. The van der Waals surface area contributed by atoms with Gasteiger partial charge in [-0.3, -0.25) is 4.79 Å². The molecule has 0 aliphatic carbocycles. The first-order chi connectivity index (χ1) is 14.4. The maximum atomic E-state index is 12.8. The van der Waals surface area contributed by atoms with Gasteiger partial charge < -0.3 is 5.32 Å². The van der Waals surface area contributed by atoms with Gasteiger partial charge in [0.1, 0.15) is 12.7 Å². The number of nitrogens with zero attached hydrogens (tertiary/aromatic N) is 4. The Morgan fingerprint density at radius 2 is 1.83 bits per heavy atom. The molecule has 2 aromatic carbocycles. The largest absolute Gasteiger partial charge is 0.346 e. The minimum absolute atomic E-state index is 0.155. The first-order valence-electron chi connectivity index (χ1n) is 9.81. The molecule has 0 bridgehead atoms. The Kier molecular flexibility index (Phi) is 5.65. The zero-order valence-corrected chi connectivity index (χ0v) is 17.4. The van der Waals surface area contributed by atoms with E-state index in [1.54, 1.807) is 23.1 Å². The van der Waals surface area contributed by atoms with Gasteiger partial charge in [0.05, 0.1) is 16.6 Å². The average molecular weight is 426 g/mol. The molecular weight excluding hydrogens is 402 g/mol. The number of benzene rings is 2. The third-order valence-electron chi connectivity index (χ3n) is 5.22. The van der Waals surface area contributed by atoms with Crippen molar-refractivity contribution in [2.24, 2.45) is 0 Å². The fraction of sp³-hybridized carbons (Fsp3) is 0.286. The van der Waals surface area contributed by atoms with Crippen molar-refractivity contribution in [3.05, 3.63) is 72.3 Å². The van der Waals surface area contributed by atoms with Crippen molar-refractivity contribution in [3.63, 3.8) is 0 Å². The molecule has 3 aromatic rings. The molecule has 1 N–H and O–H groups in total. The second-order valence-electron chi connectivity index (χ2n) is 7.27. The van der Waals surface area contributed by atoms with Crippen LogP contribution in [-0.4, -0.2) is 46.5 Å². The van der Waals surface area contributed by atoms with Gasteiger partial charge in [0.2, 0.25) is 10.0 Å². The number of hydrogen-bond acceptors (Lipinski definition) is 5. The average Bonchev–Trinajstić information content (AvgIpc) is 3.48. The number of aromatic nitrogens is 3. The zero-order chi connectivity index (χ0) is 21.1. The van der Waals surface area contributed by atoms with Crippen LogP contribution >= 0.6 is 0 Å². The summed E-state index contributed by atoms with van der Waals surface area (Å²) in [7, 11) is -3.56. The van der Waals surface area contributed by atoms with Gasteiger partial charge in [-0.2, -0.15) is 9.40 Å². The molecule has 1 amide bonds. The lowest BCUT2D eigenvalue weighted by Crippen LogP contribution is -2.29. The van der Waals surface area contributed by atoms with Crippen LogP contribution in [0.25, 0.3) is 5.69 Å². The number of rotatable bonds is 6. The highest BCUT2D eigenvalue weighted by molar-refractivity contribution is 7.89. The fourth-order valence-corrected chi connectivity index (χ4v) is 5.06. The second-order valence-corrected chi connectivity index (χ2v) is 9.20. The van der Waals surface area contributed by atoms with E-state index in [1.165, 1.54) is 22.8 Å². The standard InChI is InChI=1S/C21H23N5O3S/c1-16(17-7-9-19(10-8-17)26-15-22-14-23-26)24-21(27)18-5-4-6-20(13-18)30(28,29)25-11-2-3-12-25/h4-10,13-16H,2-3,11-12H2,1H3,(H,24,27)/t16-/m0/s1. The van der Waals surface area contributed by atoms with E-state index >= 15 is 0 Å². The molecule has 0 unspecified atom stereocenters. The topological polar surface area (TPSA) is 97.2 Å². The fourth-order valence-electron chi connectivity index (χ4n) is 3.50. The van der Waals surface area contributed by atoms with Gasteiger partial charge in [-0.1, -0.05) is 18.2 Å². The Morgan fingerprint density at radius 1 is 1.10 bits per heavy atom. The summed E-state index contributed by atoms with van der Waals surface area (Å²) < 4.78 is 28.7. The Hall–Kier alpha value is -3.04. The second kappa shape index (κ2) is 8.37. The molecular formula is C21H23N5O3S. The number of amides is 1. The third kappa shape index (κ3) is 4.12. The Balaban J connectivity index is 1.47. The number of carbonyl (C=O) groups is 1. The van der Waals surface area contributed by atoms with Crippen molar-refractivity contribution in [3.8, 4) is 5.69 Å². The van der Waals surface area contributed by atoms with E-state index in [2.05, 4.69) is 15.4 Å². The molecule has 2 heterocycles. The summed E-state index contributed by atoms with van der Waals surface area (Å²) in [6.45, 7) is 2.94. The van der Waals surface area contributed by atoms with Crippen LogP contribution in [0, 0.1) is 0 Å². The van der Waals surface area contributed by atoms with Crippen LogP contribution in [0.3, 0.4) is 0 Å². The lowest BCUT2D eigenvalue weighted by Gasteiger charge is -2.17. The normalized spacial score (nSPS) is 15.8. The molecule has 1 aromatic heterocycles. The summed E-state index contributed by atoms with van der Waals surface area (Å²) in [5.74, 6) is -0.318. The molecule has 1 atom stereocenters. The van der Waals surface area contributed by atoms with E-state index < -0.39 is 10.0 Å². The van der Waals surface area contributed by atoms with Crippen molar-refractivity contribution >= 4 is 15.9 Å². The number of nitrogens with one attached hydrogen (secondary N) is 1. The van der Waals surface area contributed by atoms with E-state index in [1.807, 2.05) is 31.2 Å². The Bertz CT molecular complexity index is 1120. The molecule has 8 nitrogen and oxygen atoms in total. The molecule has 1 aliphatic heterocycles. The molecule has 1 saturated heterocycles. The highest BCUT2D eigenvalue weighted by atomic mass is 32.2. The van der Waals surface area contributed by atoms with Gasteiger partial charge in [0.25, 0.3) is 5.91 Å². The smallest absolute Gasteiger partial charge is 0.251 e. The summed E-state index contributed by atoms with van der Waals surface area (Å²) in [6.07, 6.45) is 4.82. The van der Waals surface area contributed by atoms with Gasteiger partial charge in [0.15, 0.2) is 0 Å². The van der Waals surface area contributed by atoms with Crippen molar-refractivity contribution < 1.29 is 13.2 Å². The van der Waals surface area contributed by atoms with Crippen LogP contribution < -0.4 is 5.32 Å². The molecule has 4 rings (SSSR count). The predicted octanol–water partition coefficient (Wildman–Crippen LogP) is 2.54. The minimum Gasteiger partial charge on any atom is -0.346 e. The van der Waals surface area contributed by atoms with Gasteiger partial charge in [-0.15, -0.1) is 0 Å². The van der Waals surface area contributed by atoms with Crippen LogP contribution in [0.15, 0.2) is 66.1 Å². The van der Waals surface area contributed by atoms with Gasteiger partial charge >= 0.3 is 0 Å². The van der Waals surface area contributed by atoms with Crippen LogP contribution in [0.5, 0.6) is 0 Å². The van der Waals surface area contributed by atoms with Crippen LogP contribution in [0.1, 0.15) is 41.7 Å². The first kappa shape index (κ1) is 20.2. The summed E-state index contributed by atoms with van der Waals surface area (Å²) in [5.41, 5.74) is 2.11. The summed E-state index contributed by atoms with van der Waals surface area (Å²) in [5, 5.41) is 7.02. The summed E-state index contributed by atoms with van der Waals surface area (Å²) in [6, 6.07) is 13.6. The highest BCUT2D eigenvalue weighted by Crippen LogP contribution is 2.22. The number of sulfonamides is 1. The van der Waals surface area contributed by atoms with Gasteiger partial charge in [0, 0.05) is 18.7 Å². The zero-order valence-electron chi connectivity index (χ0n) is 16.6. The van der Waals surface area contributed by atoms with Crippen LogP contribution in [0.2, 0.25) is 0 Å². The lowest BCUT2D eigenvalue weighted by molar-refractivity contribution is 0.0939. The van der Waals surface area contributed by atoms with Crippen molar-refractivity contribution in [1.82, 2.24) is 24.4 Å². The van der Waals surface area contributed by atoms with Crippen molar-refractivity contribution in [2.45, 2.75) is 30.7 Å². The maximum absolute atomic E-state index is 12.8. The Morgan fingerprint density at radius 3 is 2.50 bits per heavy atom. The van der Waals surface area contributed by atoms with E-state index in [0.717, 1.165) is 24.1 Å². The molecule has 156 valence electrons. The number of carbonyl (C=O) groups excluding carboxylic acids is 1. The number of hydrogen-bond donors (Lipinski definition) is 1. The van der Waals surface area contributed by atoms with Crippen LogP contribution in [-0.2, 0) is 10.0 Å². The van der Waals surface area contributed by atoms with E-state index in [4.69, 9.17) is 0 Å². The van der Waals surface area contributed by atoms with Gasteiger partial charge in [-0.25, -0.2) is 18.1 Å². The predicted molar refractivity (Wildman–Crippen MR) is 112 cm³/mol. The Labute approximate surface area is 175 Å². The van der Waals surface area contributed by atoms with Crippen molar-refractivity contribution in [1.29, 1.82) is 0 Å². The molecule has 0 saturated carbocycles. The minimum atomic E-state index is -3.56. The van der Waals surface area contributed by atoms with E-state index in [-0.39, 0.29) is 16.8 Å². The van der Waals surface area contributed by atoms with E-state index in [9.17, 15) is 13.2 Å². The SMILES string of the molecule is C[C@H](NC(=O)c1cccc(S(=O)(=O)N2CCCC2)c1)c1ccc(-n2cncn2)cc1. The molecule has 1 aliphatic rings. The van der Waals surface area contributed by atoms with E-state index in [0.29, 0.717) is 18.7 Å². The quantitative estimate of drug-likeness (QED) is 0.655. The summed E-state index contributed by atoms with van der Waals surface area (Å²) >= 11 is 0. The molecule has 30 heavy (non-hydrogen) atoms. The lowest BCUT2D eigenvalue weighted by atomic mass is 10.1. The van der Waals surface area contributed by atoms with Crippen molar-refractivity contribution in [2.75, 3.05) is 13.1 Å². The highest BCUT2D eigenvalue weighted by Gasteiger charge is 2.27. The third-order valence-corrected chi connectivity index (χ3v) is 7.12. The summed E-state index contributed by atoms with van der Waals surface area (Å²) in [4.78, 5) is 16.8. The van der Waals surface area contributed by atoms with Crippen LogP contribution in [0.4, 0.5) is 0 Å².